The van der Waals surface area contributed by atoms with Crippen molar-refractivity contribution in [1.29, 1.82) is 0 Å². The fourth-order valence-corrected chi connectivity index (χ4v) is 2.70. The van der Waals surface area contributed by atoms with Crippen LogP contribution in [-0.2, 0) is 6.42 Å². The molecular weight excluding hydrogens is 302 g/mol. The second kappa shape index (κ2) is 5.13. The lowest BCUT2D eigenvalue weighted by Crippen LogP contribution is -2.02. The van der Waals surface area contributed by atoms with Crippen molar-refractivity contribution in [2.45, 2.75) is 19.8 Å². The number of aromatic nitrogens is 3. The molecule has 1 aromatic carbocycles. The predicted molar refractivity (Wildman–Crippen MR) is 80.6 cm³/mol. The number of fused-ring (bicyclic) bond motifs is 1. The zero-order valence-electron chi connectivity index (χ0n) is 10.7. The number of pyridine rings is 1. The van der Waals surface area contributed by atoms with Crippen molar-refractivity contribution in [3.8, 4) is 5.69 Å². The third-order valence-electron chi connectivity index (χ3n) is 3.05. The van der Waals surface area contributed by atoms with Gasteiger partial charge in [0.05, 0.1) is 5.69 Å². The summed E-state index contributed by atoms with van der Waals surface area (Å²) in [5.41, 5.74) is 2.95. The van der Waals surface area contributed by atoms with Gasteiger partial charge >= 0.3 is 0 Å². The maximum absolute atomic E-state index is 4.70. The zero-order valence-corrected chi connectivity index (χ0v) is 12.3. The van der Waals surface area contributed by atoms with E-state index in [1.54, 1.807) is 0 Å². The van der Waals surface area contributed by atoms with E-state index in [2.05, 4.69) is 38.5 Å². The van der Waals surface area contributed by atoms with E-state index in [-0.39, 0.29) is 0 Å². The first-order valence-corrected chi connectivity index (χ1v) is 7.18. The predicted octanol–water partition coefficient (Wildman–Crippen LogP) is 4.14. The molecule has 0 spiro atoms. The highest BCUT2D eigenvalue weighted by atomic mass is 79.9. The standard InChI is InChI=1S/C15H14BrN3/c1-2-6-14-18-12-8-5-10-17-15(12)19(14)13-9-4-3-7-11(13)16/h3-5,7-10H,2,6H2,1H3. The molecule has 2 aromatic heterocycles. The summed E-state index contributed by atoms with van der Waals surface area (Å²) in [4.78, 5) is 9.18. The van der Waals surface area contributed by atoms with Crippen molar-refractivity contribution >= 4 is 27.1 Å². The minimum Gasteiger partial charge on any atom is -0.280 e. The lowest BCUT2D eigenvalue weighted by molar-refractivity contribution is 0.814. The van der Waals surface area contributed by atoms with Crippen LogP contribution < -0.4 is 0 Å². The molecule has 0 aliphatic rings. The van der Waals surface area contributed by atoms with Crippen LogP contribution in [0.2, 0.25) is 0 Å². The quantitative estimate of drug-likeness (QED) is 0.727. The Kier molecular flexibility index (Phi) is 3.34. The van der Waals surface area contributed by atoms with Crippen LogP contribution in [0.15, 0.2) is 47.1 Å². The van der Waals surface area contributed by atoms with E-state index in [0.717, 1.165) is 40.0 Å². The summed E-state index contributed by atoms with van der Waals surface area (Å²) in [6.07, 6.45) is 3.82. The molecule has 0 saturated heterocycles. The maximum atomic E-state index is 4.70. The molecule has 0 atom stereocenters. The molecular formula is C15H14BrN3. The molecule has 96 valence electrons. The summed E-state index contributed by atoms with van der Waals surface area (Å²) in [7, 11) is 0. The van der Waals surface area contributed by atoms with Gasteiger partial charge in [0, 0.05) is 17.1 Å². The molecule has 4 heteroatoms. The van der Waals surface area contributed by atoms with Crippen molar-refractivity contribution in [2.75, 3.05) is 0 Å². The fourth-order valence-electron chi connectivity index (χ4n) is 2.24. The summed E-state index contributed by atoms with van der Waals surface area (Å²) in [6, 6.07) is 12.1. The Morgan fingerprint density at radius 2 is 2.00 bits per heavy atom. The maximum Gasteiger partial charge on any atom is 0.164 e. The average Bonchev–Trinajstić information content (AvgIpc) is 2.78. The molecule has 0 saturated carbocycles. The van der Waals surface area contributed by atoms with Crippen molar-refractivity contribution in [2.24, 2.45) is 0 Å². The Hall–Kier alpha value is -1.68. The van der Waals surface area contributed by atoms with Gasteiger partial charge in [-0.15, -0.1) is 0 Å². The first-order chi connectivity index (χ1) is 9.31. The first kappa shape index (κ1) is 12.4. The molecule has 3 rings (SSSR count). The second-order valence-electron chi connectivity index (χ2n) is 4.41. The molecule has 3 aromatic rings. The number of nitrogens with zero attached hydrogens (tertiary/aromatic N) is 3. The first-order valence-electron chi connectivity index (χ1n) is 6.38. The van der Waals surface area contributed by atoms with Gasteiger partial charge in [0.15, 0.2) is 5.65 Å². The Bertz CT molecular complexity index is 718. The monoisotopic (exact) mass is 315 g/mol. The van der Waals surface area contributed by atoms with Crippen LogP contribution in [0.4, 0.5) is 0 Å². The number of hydrogen-bond acceptors (Lipinski definition) is 2. The molecule has 0 N–H and O–H groups in total. The fraction of sp³-hybridized carbons (Fsp3) is 0.200. The van der Waals surface area contributed by atoms with E-state index in [1.165, 1.54) is 0 Å². The lowest BCUT2D eigenvalue weighted by Gasteiger charge is -2.09. The van der Waals surface area contributed by atoms with Crippen LogP contribution >= 0.6 is 15.9 Å². The van der Waals surface area contributed by atoms with Gasteiger partial charge in [-0.2, -0.15) is 0 Å². The second-order valence-corrected chi connectivity index (χ2v) is 5.27. The van der Waals surface area contributed by atoms with E-state index in [0.29, 0.717) is 0 Å². The van der Waals surface area contributed by atoms with E-state index in [1.807, 2.05) is 36.5 Å². The summed E-state index contributed by atoms with van der Waals surface area (Å²) >= 11 is 3.61. The van der Waals surface area contributed by atoms with E-state index in [9.17, 15) is 0 Å². The Balaban J connectivity index is 2.31. The smallest absolute Gasteiger partial charge is 0.164 e. The minimum absolute atomic E-state index is 0.915. The van der Waals surface area contributed by atoms with Gasteiger partial charge in [0.25, 0.3) is 0 Å². The largest absolute Gasteiger partial charge is 0.280 e. The van der Waals surface area contributed by atoms with Gasteiger partial charge in [0.1, 0.15) is 11.3 Å². The third kappa shape index (κ3) is 2.16. The van der Waals surface area contributed by atoms with Crippen LogP contribution in [0.25, 0.3) is 16.9 Å². The van der Waals surface area contributed by atoms with Gasteiger partial charge in [-0.1, -0.05) is 19.1 Å². The van der Waals surface area contributed by atoms with Gasteiger partial charge in [0.2, 0.25) is 0 Å². The number of aryl methyl sites for hydroxylation is 1. The number of halogens is 1. The molecule has 19 heavy (non-hydrogen) atoms. The molecule has 0 amide bonds. The number of hydrogen-bond donors (Lipinski definition) is 0. The van der Waals surface area contributed by atoms with Gasteiger partial charge in [-0.05, 0) is 46.6 Å². The summed E-state index contributed by atoms with van der Waals surface area (Å²) in [5, 5.41) is 0. The molecule has 0 fully saturated rings. The SMILES string of the molecule is CCCc1nc2cccnc2n1-c1ccccc1Br. The van der Waals surface area contributed by atoms with Gasteiger partial charge < -0.3 is 0 Å². The zero-order chi connectivity index (χ0) is 13.2. The normalized spacial score (nSPS) is 11.1. The topological polar surface area (TPSA) is 30.7 Å². The number of imidazole rings is 1. The minimum atomic E-state index is 0.915. The molecule has 0 aliphatic carbocycles. The van der Waals surface area contributed by atoms with Crippen molar-refractivity contribution in [3.05, 3.63) is 52.9 Å². The van der Waals surface area contributed by atoms with E-state index in [4.69, 9.17) is 4.98 Å². The number of para-hydroxylation sites is 1. The number of benzene rings is 1. The average molecular weight is 316 g/mol. The van der Waals surface area contributed by atoms with Crippen LogP contribution in [0.1, 0.15) is 19.2 Å². The molecule has 0 unspecified atom stereocenters. The lowest BCUT2D eigenvalue weighted by atomic mass is 10.3. The van der Waals surface area contributed by atoms with Crippen molar-refractivity contribution < 1.29 is 0 Å². The van der Waals surface area contributed by atoms with Gasteiger partial charge in [-0.3, -0.25) is 4.57 Å². The van der Waals surface area contributed by atoms with Crippen LogP contribution in [0.5, 0.6) is 0 Å². The molecule has 0 bridgehead atoms. The van der Waals surface area contributed by atoms with E-state index >= 15 is 0 Å². The molecule has 3 nitrogen and oxygen atoms in total. The summed E-state index contributed by atoms with van der Waals surface area (Å²) < 4.78 is 3.19. The van der Waals surface area contributed by atoms with E-state index < -0.39 is 0 Å². The van der Waals surface area contributed by atoms with Gasteiger partial charge in [-0.25, -0.2) is 9.97 Å². The van der Waals surface area contributed by atoms with Crippen LogP contribution in [-0.4, -0.2) is 14.5 Å². The Morgan fingerprint density at radius 3 is 2.79 bits per heavy atom. The highest BCUT2D eigenvalue weighted by Gasteiger charge is 2.14. The van der Waals surface area contributed by atoms with Crippen molar-refractivity contribution in [1.82, 2.24) is 14.5 Å². The Labute approximate surface area is 120 Å². The molecule has 2 heterocycles. The van der Waals surface area contributed by atoms with Crippen molar-refractivity contribution in [3.63, 3.8) is 0 Å². The summed E-state index contributed by atoms with van der Waals surface area (Å²) in [6.45, 7) is 2.16. The molecule has 0 aliphatic heterocycles. The van der Waals surface area contributed by atoms with Crippen LogP contribution in [0, 0.1) is 0 Å². The third-order valence-corrected chi connectivity index (χ3v) is 3.72. The highest BCUT2D eigenvalue weighted by molar-refractivity contribution is 9.10. The number of rotatable bonds is 3. The Morgan fingerprint density at radius 1 is 1.16 bits per heavy atom. The van der Waals surface area contributed by atoms with Crippen LogP contribution in [0.3, 0.4) is 0 Å². The highest BCUT2D eigenvalue weighted by Crippen LogP contribution is 2.26. The summed E-state index contributed by atoms with van der Waals surface area (Å²) in [5.74, 6) is 1.06. The molecule has 0 radical (unpaired) electrons.